The smallest absolute Gasteiger partial charge is 0.254 e. The molecular weight excluding hydrogens is 503 g/mol. The Morgan fingerprint density at radius 2 is 1.48 bits per heavy atom. The Bertz CT molecular complexity index is 1610. The first-order valence-corrected chi connectivity index (χ1v) is 13.2. The van der Waals surface area contributed by atoms with Gasteiger partial charge < -0.3 is 14.6 Å². The van der Waals surface area contributed by atoms with E-state index in [1.165, 1.54) is 24.3 Å². The van der Waals surface area contributed by atoms with Crippen molar-refractivity contribution in [1.29, 1.82) is 0 Å². The van der Waals surface area contributed by atoms with Gasteiger partial charge in [-0.2, -0.15) is 0 Å². The maximum absolute atomic E-state index is 13.6. The van der Waals surface area contributed by atoms with Gasteiger partial charge in [0.2, 0.25) is 5.91 Å². The van der Waals surface area contributed by atoms with Crippen LogP contribution in [-0.2, 0) is 17.8 Å². The highest BCUT2D eigenvalue weighted by Gasteiger charge is 2.26. The van der Waals surface area contributed by atoms with Crippen molar-refractivity contribution in [2.45, 2.75) is 18.9 Å². The Hall–Kier alpha value is -4.97. The number of fused-ring (bicyclic) bond motifs is 1. The molecule has 2 heterocycles. The molecule has 40 heavy (non-hydrogen) atoms. The first-order chi connectivity index (χ1) is 19.5. The fraction of sp³-hybridized carbons (Fsp3) is 0.118. The van der Waals surface area contributed by atoms with Gasteiger partial charge in [0, 0.05) is 41.9 Å². The zero-order valence-electron chi connectivity index (χ0n) is 21.7. The lowest BCUT2D eigenvalue weighted by Gasteiger charge is -2.26. The third-order valence-corrected chi connectivity index (χ3v) is 7.19. The molecule has 0 unspecified atom stereocenters. The van der Waals surface area contributed by atoms with Crippen molar-refractivity contribution in [2.24, 2.45) is 0 Å². The molecule has 5 nitrogen and oxygen atoms in total. The summed E-state index contributed by atoms with van der Waals surface area (Å²) in [5.41, 5.74) is 4.74. The van der Waals surface area contributed by atoms with Crippen molar-refractivity contribution in [1.82, 2.24) is 4.90 Å². The van der Waals surface area contributed by atoms with Crippen molar-refractivity contribution in [3.8, 4) is 11.3 Å². The monoisotopic (exact) mass is 530 g/mol. The van der Waals surface area contributed by atoms with E-state index >= 15 is 0 Å². The van der Waals surface area contributed by atoms with Crippen LogP contribution in [0.4, 0.5) is 10.1 Å². The Morgan fingerprint density at radius 1 is 0.800 bits per heavy atom. The molecule has 6 heteroatoms. The van der Waals surface area contributed by atoms with Crippen LogP contribution in [0.2, 0.25) is 0 Å². The number of hydrogen-bond donors (Lipinski definition) is 1. The molecule has 0 saturated carbocycles. The van der Waals surface area contributed by atoms with Gasteiger partial charge in [0.05, 0.1) is 5.92 Å². The highest BCUT2D eigenvalue weighted by atomic mass is 19.1. The molecule has 2 amide bonds. The number of carbonyl (C=O) groups is 2. The van der Waals surface area contributed by atoms with Crippen molar-refractivity contribution >= 4 is 17.5 Å². The molecular formula is C34H27FN2O3. The summed E-state index contributed by atoms with van der Waals surface area (Å²) in [5, 5.41) is 3.09. The lowest BCUT2D eigenvalue weighted by Crippen LogP contribution is -2.35. The number of carbonyl (C=O) groups excluding carboxylic acids is 2. The van der Waals surface area contributed by atoms with E-state index in [0.29, 0.717) is 36.5 Å². The minimum Gasteiger partial charge on any atom is -0.461 e. The summed E-state index contributed by atoms with van der Waals surface area (Å²) in [6.07, 6.45) is 0.592. The second-order valence-corrected chi connectivity index (χ2v) is 9.87. The summed E-state index contributed by atoms with van der Waals surface area (Å²) in [6, 6.07) is 34.6. The number of benzene rings is 4. The third-order valence-electron chi connectivity index (χ3n) is 7.19. The number of halogens is 1. The van der Waals surface area contributed by atoms with Crippen molar-refractivity contribution in [2.75, 3.05) is 11.9 Å². The van der Waals surface area contributed by atoms with Gasteiger partial charge in [0.1, 0.15) is 17.3 Å². The number of amides is 2. The molecule has 198 valence electrons. The molecule has 5 aromatic rings. The van der Waals surface area contributed by atoms with Gasteiger partial charge in [-0.1, -0.05) is 72.8 Å². The number of anilines is 1. The van der Waals surface area contributed by atoms with Crippen LogP contribution in [0.15, 0.2) is 120 Å². The predicted molar refractivity (Wildman–Crippen MR) is 152 cm³/mol. The van der Waals surface area contributed by atoms with Crippen LogP contribution in [0.1, 0.15) is 38.7 Å². The van der Waals surface area contributed by atoms with E-state index in [1.807, 2.05) is 91.0 Å². The first kappa shape index (κ1) is 25.3. The summed E-state index contributed by atoms with van der Waals surface area (Å²) in [5.74, 6) is 0.450. The Kier molecular flexibility index (Phi) is 6.98. The molecule has 6 rings (SSSR count). The molecule has 0 saturated heterocycles. The van der Waals surface area contributed by atoms with Gasteiger partial charge in [-0.05, 0) is 53.6 Å². The van der Waals surface area contributed by atoms with Crippen LogP contribution in [-0.4, -0.2) is 23.3 Å². The van der Waals surface area contributed by atoms with Crippen LogP contribution in [0, 0.1) is 5.82 Å². The molecule has 0 radical (unpaired) electrons. The molecule has 0 bridgehead atoms. The molecule has 0 aliphatic carbocycles. The van der Waals surface area contributed by atoms with Crippen molar-refractivity contribution in [3.05, 3.63) is 149 Å². The van der Waals surface area contributed by atoms with Crippen LogP contribution in [0.5, 0.6) is 0 Å². The van der Waals surface area contributed by atoms with Gasteiger partial charge >= 0.3 is 0 Å². The van der Waals surface area contributed by atoms with E-state index in [2.05, 4.69) is 5.32 Å². The molecule has 1 N–H and O–H groups in total. The molecule has 1 aromatic heterocycles. The number of rotatable bonds is 6. The largest absolute Gasteiger partial charge is 0.461 e. The SMILES string of the molecule is O=C(Nc1cccc(-c2cc3c(o2)CCN(C(=O)c2ccc(F)cc2)C3)c1)C(c1ccccc1)c1ccccc1. The molecule has 1 aliphatic rings. The third kappa shape index (κ3) is 5.29. The minimum absolute atomic E-state index is 0.122. The highest BCUT2D eigenvalue weighted by Crippen LogP contribution is 2.32. The summed E-state index contributed by atoms with van der Waals surface area (Å²) in [6.45, 7) is 0.938. The van der Waals surface area contributed by atoms with E-state index in [9.17, 15) is 14.0 Å². The molecule has 1 aliphatic heterocycles. The standard InChI is InChI=1S/C34H27FN2O3/c35-28-16-14-25(15-17-28)34(39)37-19-18-30-27(22-37)21-31(40-30)26-12-7-13-29(20-26)36-33(38)32(23-8-3-1-4-9-23)24-10-5-2-6-11-24/h1-17,20-21,32H,18-19,22H2,(H,36,38). The zero-order chi connectivity index (χ0) is 27.5. The zero-order valence-corrected chi connectivity index (χ0v) is 21.7. The topological polar surface area (TPSA) is 62.6 Å². The molecule has 0 spiro atoms. The quantitative estimate of drug-likeness (QED) is 0.256. The van der Waals surface area contributed by atoms with Crippen molar-refractivity contribution < 1.29 is 18.4 Å². The first-order valence-electron chi connectivity index (χ1n) is 13.2. The van der Waals surface area contributed by atoms with Crippen molar-refractivity contribution in [3.63, 3.8) is 0 Å². The van der Waals surface area contributed by atoms with E-state index in [0.717, 1.165) is 28.0 Å². The van der Waals surface area contributed by atoms with E-state index in [4.69, 9.17) is 4.42 Å². The fourth-order valence-electron chi connectivity index (χ4n) is 5.17. The Morgan fingerprint density at radius 3 is 2.15 bits per heavy atom. The Balaban J connectivity index is 1.21. The minimum atomic E-state index is -0.452. The average Bonchev–Trinajstić information content (AvgIpc) is 3.42. The van der Waals surface area contributed by atoms with Gasteiger partial charge in [0.15, 0.2) is 0 Å². The summed E-state index contributed by atoms with van der Waals surface area (Å²) < 4.78 is 19.5. The lowest BCUT2D eigenvalue weighted by atomic mass is 9.90. The van der Waals surface area contributed by atoms with Gasteiger partial charge in [-0.25, -0.2) is 4.39 Å². The van der Waals surface area contributed by atoms with Crippen LogP contribution < -0.4 is 5.32 Å². The second-order valence-electron chi connectivity index (χ2n) is 9.87. The maximum Gasteiger partial charge on any atom is 0.254 e. The van der Waals surface area contributed by atoms with Gasteiger partial charge in [0.25, 0.3) is 5.91 Å². The van der Waals surface area contributed by atoms with Gasteiger partial charge in [-0.15, -0.1) is 0 Å². The average molecular weight is 531 g/mol. The highest BCUT2D eigenvalue weighted by molar-refractivity contribution is 5.98. The van der Waals surface area contributed by atoms with Gasteiger partial charge in [-0.3, -0.25) is 9.59 Å². The number of nitrogens with zero attached hydrogens (tertiary/aromatic N) is 1. The van der Waals surface area contributed by atoms with E-state index in [-0.39, 0.29) is 17.6 Å². The molecule has 0 atom stereocenters. The van der Waals surface area contributed by atoms with E-state index < -0.39 is 5.92 Å². The van der Waals surface area contributed by atoms with E-state index in [1.54, 1.807) is 4.90 Å². The number of furan rings is 1. The number of hydrogen-bond acceptors (Lipinski definition) is 3. The summed E-state index contributed by atoms with van der Waals surface area (Å²) in [7, 11) is 0. The normalized spacial score (nSPS) is 12.7. The maximum atomic E-state index is 13.6. The molecule has 0 fully saturated rings. The number of nitrogens with one attached hydrogen (secondary N) is 1. The van der Waals surface area contributed by atoms with Crippen LogP contribution >= 0.6 is 0 Å². The molecule has 4 aromatic carbocycles. The summed E-state index contributed by atoms with van der Waals surface area (Å²) >= 11 is 0. The fourth-order valence-corrected chi connectivity index (χ4v) is 5.17. The second kappa shape index (κ2) is 11.0. The lowest BCUT2D eigenvalue weighted by molar-refractivity contribution is -0.116. The van der Waals surface area contributed by atoms with Crippen LogP contribution in [0.3, 0.4) is 0 Å². The van der Waals surface area contributed by atoms with Crippen LogP contribution in [0.25, 0.3) is 11.3 Å². The predicted octanol–water partition coefficient (Wildman–Crippen LogP) is 7.05. The Labute approximate surface area is 231 Å². The summed E-state index contributed by atoms with van der Waals surface area (Å²) in [4.78, 5) is 28.2.